The molecular weight excluding hydrogens is 448 g/mol. The van der Waals surface area contributed by atoms with Crippen molar-refractivity contribution in [3.8, 4) is 11.3 Å². The van der Waals surface area contributed by atoms with Crippen LogP contribution in [0, 0.1) is 0 Å². The summed E-state index contributed by atoms with van der Waals surface area (Å²) in [5, 5.41) is 6.75. The Labute approximate surface area is 199 Å². The lowest BCUT2D eigenvalue weighted by Crippen LogP contribution is -2.44. The van der Waals surface area contributed by atoms with Crippen molar-refractivity contribution in [2.24, 2.45) is 5.73 Å². The fourth-order valence-electron chi connectivity index (χ4n) is 4.73. The Morgan fingerprint density at radius 2 is 1.94 bits per heavy atom. The van der Waals surface area contributed by atoms with E-state index in [1.165, 1.54) is 11.3 Å². The van der Waals surface area contributed by atoms with Gasteiger partial charge < -0.3 is 16.4 Å². The zero-order chi connectivity index (χ0) is 23.2. The minimum atomic E-state index is -0.338. The van der Waals surface area contributed by atoms with Gasteiger partial charge in [-0.1, -0.05) is 30.3 Å². The first-order valence-corrected chi connectivity index (χ1v) is 12.0. The molecule has 1 fully saturated rings. The maximum atomic E-state index is 13.3. The highest BCUT2D eigenvalue weighted by Gasteiger charge is 2.34. The predicted octanol–water partition coefficient (Wildman–Crippen LogP) is 4.65. The average Bonchev–Trinajstić information content (AvgIpc) is 3.44. The molecule has 0 radical (unpaired) electrons. The van der Waals surface area contributed by atoms with Crippen molar-refractivity contribution in [1.29, 1.82) is 0 Å². The number of anilines is 3. The summed E-state index contributed by atoms with van der Waals surface area (Å²) in [5.74, 6) is -0.227. The second-order valence-corrected chi connectivity index (χ2v) is 9.52. The van der Waals surface area contributed by atoms with Crippen molar-refractivity contribution in [2.45, 2.75) is 31.3 Å². The first kappa shape index (κ1) is 20.8. The predicted molar refractivity (Wildman–Crippen MR) is 134 cm³/mol. The molecule has 0 unspecified atom stereocenters. The summed E-state index contributed by atoms with van der Waals surface area (Å²) >= 11 is 1.28. The molecule has 0 saturated heterocycles. The molecule has 170 valence electrons. The summed E-state index contributed by atoms with van der Waals surface area (Å²) in [7, 11) is 0. The molecule has 4 heterocycles. The van der Waals surface area contributed by atoms with Crippen LogP contribution in [0.1, 0.15) is 28.9 Å². The number of amides is 3. The number of benzene rings is 1. The van der Waals surface area contributed by atoms with E-state index in [1.807, 2.05) is 36.4 Å². The van der Waals surface area contributed by atoms with E-state index < -0.39 is 0 Å². The SMILES string of the molecule is N[C@H]1CCC[C@H]1NC(=O)c1sc2nccc3c2c1NC(=O)N3c1ccnc(-c2ccccc2)c1. The maximum absolute atomic E-state index is 13.3. The molecule has 3 aromatic heterocycles. The van der Waals surface area contributed by atoms with Gasteiger partial charge >= 0.3 is 6.03 Å². The van der Waals surface area contributed by atoms with E-state index in [0.717, 1.165) is 35.9 Å². The van der Waals surface area contributed by atoms with Crippen molar-refractivity contribution in [2.75, 3.05) is 10.2 Å². The highest BCUT2D eigenvalue weighted by atomic mass is 32.1. The Kier molecular flexibility index (Phi) is 5.00. The number of carbonyl (C=O) groups excluding carboxylic acids is 2. The third-order valence-electron chi connectivity index (χ3n) is 6.41. The van der Waals surface area contributed by atoms with Crippen molar-refractivity contribution < 1.29 is 9.59 Å². The van der Waals surface area contributed by atoms with Crippen LogP contribution < -0.4 is 21.3 Å². The van der Waals surface area contributed by atoms with Gasteiger partial charge in [-0.05, 0) is 37.5 Å². The quantitative estimate of drug-likeness (QED) is 0.402. The summed E-state index contributed by atoms with van der Waals surface area (Å²) in [6.07, 6.45) is 6.12. The van der Waals surface area contributed by atoms with Crippen LogP contribution in [0.15, 0.2) is 60.9 Å². The molecule has 8 nitrogen and oxygen atoms in total. The lowest BCUT2D eigenvalue weighted by atomic mass is 10.1. The van der Waals surface area contributed by atoms with Gasteiger partial charge in [0.2, 0.25) is 0 Å². The fraction of sp³-hybridized carbons (Fsp3) is 0.200. The van der Waals surface area contributed by atoms with Crippen LogP contribution in [0.2, 0.25) is 0 Å². The lowest BCUT2D eigenvalue weighted by Gasteiger charge is -2.28. The molecule has 1 aromatic carbocycles. The van der Waals surface area contributed by atoms with Crippen LogP contribution in [-0.4, -0.2) is 34.0 Å². The summed E-state index contributed by atoms with van der Waals surface area (Å²) in [6.45, 7) is 0. The number of hydrogen-bond acceptors (Lipinski definition) is 6. The number of aromatic nitrogens is 2. The van der Waals surface area contributed by atoms with E-state index in [0.29, 0.717) is 26.8 Å². The zero-order valence-corrected chi connectivity index (χ0v) is 19.0. The topological polar surface area (TPSA) is 113 Å². The van der Waals surface area contributed by atoms with Crippen molar-refractivity contribution in [3.63, 3.8) is 0 Å². The van der Waals surface area contributed by atoms with E-state index in [2.05, 4.69) is 20.6 Å². The molecule has 9 heteroatoms. The number of nitrogens with zero attached hydrogens (tertiary/aromatic N) is 3. The van der Waals surface area contributed by atoms with Crippen LogP contribution in [0.3, 0.4) is 0 Å². The summed E-state index contributed by atoms with van der Waals surface area (Å²) in [6, 6.07) is 14.9. The number of pyridine rings is 2. The van der Waals surface area contributed by atoms with Crippen molar-refractivity contribution >= 4 is 50.6 Å². The molecule has 4 aromatic rings. The van der Waals surface area contributed by atoms with Crippen molar-refractivity contribution in [1.82, 2.24) is 15.3 Å². The van der Waals surface area contributed by atoms with Gasteiger partial charge in [-0.25, -0.2) is 9.78 Å². The summed E-state index contributed by atoms with van der Waals surface area (Å²) in [4.78, 5) is 38.2. The number of nitrogens with one attached hydrogen (secondary N) is 2. The number of urea groups is 1. The molecule has 1 saturated carbocycles. The molecule has 2 aliphatic rings. The minimum Gasteiger partial charge on any atom is -0.347 e. The van der Waals surface area contributed by atoms with Gasteiger partial charge in [0.05, 0.1) is 28.1 Å². The molecule has 0 spiro atoms. The standard InChI is InChI=1S/C25H22N6O2S/c26-16-7-4-8-17(16)29-23(32)22-21-20-19(10-12-28-24(20)34-22)31(25(33)30-21)15-9-11-27-18(13-15)14-5-2-1-3-6-14/h1-3,5-6,9-13,16-17H,4,7-8,26H2,(H,29,32)(H,30,33)/t16-,17+/m0/s1. The van der Waals surface area contributed by atoms with Gasteiger partial charge in [0.25, 0.3) is 5.91 Å². The Morgan fingerprint density at radius 3 is 2.74 bits per heavy atom. The minimum absolute atomic E-state index is 0.0426. The Balaban J connectivity index is 1.41. The van der Waals surface area contributed by atoms with E-state index >= 15 is 0 Å². The molecule has 0 bridgehead atoms. The Morgan fingerprint density at radius 1 is 1.12 bits per heavy atom. The normalized spacial score (nSPS) is 19.3. The van der Waals surface area contributed by atoms with E-state index in [4.69, 9.17) is 5.73 Å². The van der Waals surface area contributed by atoms with Crippen LogP contribution in [0.5, 0.6) is 0 Å². The number of thiophene rings is 1. The number of nitrogens with two attached hydrogens (primary N) is 1. The first-order valence-electron chi connectivity index (χ1n) is 11.2. The Bertz CT molecular complexity index is 1420. The van der Waals surface area contributed by atoms with Crippen molar-refractivity contribution in [3.05, 3.63) is 65.8 Å². The summed E-state index contributed by atoms with van der Waals surface area (Å²) in [5.41, 5.74) is 9.73. The van der Waals surface area contributed by atoms with Crippen LogP contribution in [0.25, 0.3) is 21.5 Å². The monoisotopic (exact) mass is 470 g/mol. The molecule has 3 amide bonds. The second-order valence-electron chi connectivity index (χ2n) is 8.52. The number of carbonyl (C=O) groups is 2. The van der Waals surface area contributed by atoms with E-state index in [9.17, 15) is 9.59 Å². The number of hydrogen-bond donors (Lipinski definition) is 3. The largest absolute Gasteiger partial charge is 0.347 e. The van der Waals surface area contributed by atoms with Gasteiger partial charge in [-0.15, -0.1) is 11.3 Å². The molecule has 34 heavy (non-hydrogen) atoms. The van der Waals surface area contributed by atoms with Gasteiger partial charge in [0.15, 0.2) is 0 Å². The zero-order valence-electron chi connectivity index (χ0n) is 18.2. The number of rotatable bonds is 4. The van der Waals surface area contributed by atoms with Crippen LogP contribution in [0.4, 0.5) is 21.9 Å². The third-order valence-corrected chi connectivity index (χ3v) is 7.51. The smallest absolute Gasteiger partial charge is 0.331 e. The van der Waals surface area contributed by atoms with Gasteiger partial charge in [-0.3, -0.25) is 14.7 Å². The van der Waals surface area contributed by atoms with Gasteiger partial charge in [0, 0.05) is 30.0 Å². The molecule has 4 N–H and O–H groups in total. The highest BCUT2D eigenvalue weighted by Crippen LogP contribution is 2.46. The van der Waals surface area contributed by atoms with Gasteiger partial charge in [-0.2, -0.15) is 0 Å². The van der Waals surface area contributed by atoms with Gasteiger partial charge in [0.1, 0.15) is 9.71 Å². The third kappa shape index (κ3) is 3.41. The van der Waals surface area contributed by atoms with E-state index in [1.54, 1.807) is 29.4 Å². The maximum Gasteiger partial charge on any atom is 0.331 e. The second kappa shape index (κ2) is 8.19. The van der Waals surface area contributed by atoms with Crippen LogP contribution in [-0.2, 0) is 0 Å². The molecule has 1 aliphatic heterocycles. The lowest BCUT2D eigenvalue weighted by molar-refractivity contribution is 0.0939. The molecule has 1 aliphatic carbocycles. The van der Waals surface area contributed by atoms with Crippen LogP contribution >= 0.6 is 11.3 Å². The first-order chi connectivity index (χ1) is 16.6. The highest BCUT2D eigenvalue weighted by molar-refractivity contribution is 7.21. The molecule has 6 rings (SSSR count). The summed E-state index contributed by atoms with van der Waals surface area (Å²) < 4.78 is 0. The average molecular weight is 471 g/mol. The molecule has 2 atom stereocenters. The Hall–Kier alpha value is -3.82. The van der Waals surface area contributed by atoms with E-state index in [-0.39, 0.29) is 24.0 Å². The fourth-order valence-corrected chi connectivity index (χ4v) is 5.75. The molecular formula is C25H22N6O2S.